The summed E-state index contributed by atoms with van der Waals surface area (Å²) in [6, 6.07) is -4.32. The van der Waals surface area contributed by atoms with Crippen molar-refractivity contribution in [1.82, 2.24) is 5.32 Å². The van der Waals surface area contributed by atoms with Crippen molar-refractivity contribution in [2.45, 2.75) is 25.5 Å². The van der Waals surface area contributed by atoms with Gasteiger partial charge in [0.2, 0.25) is 5.91 Å². The largest absolute Gasteiger partial charge is 0.480 e. The SMILES string of the molecule is [2H]c1c([2H])c([2H])c(C[C@H](NC(=O)[C@H](C)O)C(=O)O)c([2H])c1[2H]. The smallest absolute Gasteiger partial charge is 0.326 e. The van der Waals surface area contributed by atoms with E-state index in [1.165, 1.54) is 0 Å². The standard InChI is InChI=1S/C12H15NO4/c1-8(14)11(15)13-10(12(16)17)7-9-5-3-2-4-6-9/h2-6,8,10,14H,7H2,1H3,(H,13,15)(H,16,17)/t8-,10-/m0/s1/i2D,3D,4D,5D,6D. The Bertz CT molecular complexity index is 591. The summed E-state index contributed by atoms with van der Waals surface area (Å²) < 4.78 is 37.9. The Balaban J connectivity index is 3.20. The van der Waals surface area contributed by atoms with Gasteiger partial charge in [-0.3, -0.25) is 4.79 Å². The van der Waals surface area contributed by atoms with Gasteiger partial charge in [-0.25, -0.2) is 4.79 Å². The Morgan fingerprint density at radius 1 is 1.41 bits per heavy atom. The van der Waals surface area contributed by atoms with E-state index in [0.29, 0.717) is 0 Å². The van der Waals surface area contributed by atoms with Gasteiger partial charge in [-0.2, -0.15) is 0 Å². The monoisotopic (exact) mass is 242 g/mol. The van der Waals surface area contributed by atoms with Crippen LogP contribution < -0.4 is 5.32 Å². The second kappa shape index (κ2) is 6.00. The Hall–Kier alpha value is -1.88. The molecule has 0 bridgehead atoms. The molecule has 1 rings (SSSR count). The lowest BCUT2D eigenvalue weighted by atomic mass is 10.1. The molecular weight excluding hydrogens is 222 g/mol. The van der Waals surface area contributed by atoms with Gasteiger partial charge in [0.15, 0.2) is 0 Å². The number of hydrogen-bond donors (Lipinski definition) is 3. The predicted molar refractivity (Wildman–Crippen MR) is 61.4 cm³/mol. The van der Waals surface area contributed by atoms with Crippen LogP contribution in [-0.2, 0) is 16.0 Å². The van der Waals surface area contributed by atoms with Crippen molar-refractivity contribution in [3.05, 3.63) is 35.8 Å². The molecule has 3 N–H and O–H groups in total. The molecule has 5 heteroatoms. The first-order chi connectivity index (χ1) is 10.1. The van der Waals surface area contributed by atoms with Gasteiger partial charge in [0, 0.05) is 6.42 Å². The van der Waals surface area contributed by atoms with Gasteiger partial charge in [-0.15, -0.1) is 0 Å². The number of aliphatic carboxylic acids is 1. The van der Waals surface area contributed by atoms with E-state index in [4.69, 9.17) is 17.1 Å². The summed E-state index contributed by atoms with van der Waals surface area (Å²) in [6.45, 7) is 1.15. The minimum Gasteiger partial charge on any atom is -0.480 e. The predicted octanol–water partition coefficient (Wildman–Crippen LogP) is 0.179. The Morgan fingerprint density at radius 2 is 2.00 bits per heavy atom. The van der Waals surface area contributed by atoms with Crippen molar-refractivity contribution in [1.29, 1.82) is 0 Å². The summed E-state index contributed by atoms with van der Waals surface area (Å²) in [4.78, 5) is 22.6. The van der Waals surface area contributed by atoms with Gasteiger partial charge in [0.1, 0.15) is 12.1 Å². The average molecular weight is 242 g/mol. The third kappa shape index (κ3) is 4.24. The second-order valence-electron chi connectivity index (χ2n) is 3.38. The number of carboxylic acid groups (broad SMARTS) is 1. The van der Waals surface area contributed by atoms with Crippen molar-refractivity contribution in [2.75, 3.05) is 0 Å². The summed E-state index contributed by atoms with van der Waals surface area (Å²) in [5, 5.41) is 20.2. The Kier molecular flexibility index (Phi) is 2.63. The molecule has 2 atom stereocenters. The van der Waals surface area contributed by atoms with Crippen LogP contribution in [0.2, 0.25) is 0 Å². The first-order valence-corrected chi connectivity index (χ1v) is 4.85. The molecule has 0 unspecified atom stereocenters. The molecule has 1 amide bonds. The van der Waals surface area contributed by atoms with Crippen LogP contribution in [0.3, 0.4) is 0 Å². The maximum Gasteiger partial charge on any atom is 0.326 e. The van der Waals surface area contributed by atoms with Crippen LogP contribution in [0, 0.1) is 0 Å². The van der Waals surface area contributed by atoms with E-state index in [2.05, 4.69) is 0 Å². The van der Waals surface area contributed by atoms with E-state index in [-0.39, 0.29) is 5.56 Å². The first kappa shape index (κ1) is 7.45. The molecule has 0 heterocycles. The van der Waals surface area contributed by atoms with E-state index in [0.717, 1.165) is 6.92 Å². The minimum absolute atomic E-state index is 0.218. The molecule has 1 aromatic carbocycles. The van der Waals surface area contributed by atoms with Gasteiger partial charge in [-0.1, -0.05) is 30.2 Å². The molecular formula is C12H15NO4. The molecule has 0 fully saturated rings. The van der Waals surface area contributed by atoms with Crippen LogP contribution in [0.5, 0.6) is 0 Å². The fourth-order valence-corrected chi connectivity index (χ4v) is 1.07. The highest BCUT2D eigenvalue weighted by atomic mass is 16.4. The first-order valence-electron chi connectivity index (χ1n) is 7.35. The molecule has 92 valence electrons. The highest BCUT2D eigenvalue weighted by molar-refractivity contribution is 5.86. The number of aliphatic hydroxyl groups excluding tert-OH is 1. The molecule has 0 aliphatic carbocycles. The zero-order chi connectivity index (χ0) is 17.2. The van der Waals surface area contributed by atoms with Gasteiger partial charge in [0.05, 0.1) is 6.85 Å². The van der Waals surface area contributed by atoms with Crippen LogP contribution in [-0.4, -0.2) is 34.2 Å². The summed E-state index contributed by atoms with van der Waals surface area (Å²) in [7, 11) is 0. The van der Waals surface area contributed by atoms with Gasteiger partial charge in [-0.05, 0) is 12.5 Å². The lowest BCUT2D eigenvalue weighted by molar-refractivity contribution is -0.143. The van der Waals surface area contributed by atoms with E-state index in [1.54, 1.807) is 0 Å². The summed E-state index contributed by atoms with van der Waals surface area (Å²) in [5.41, 5.74) is -0.218. The molecule has 0 aliphatic heterocycles. The molecule has 0 saturated heterocycles. The third-order valence-electron chi connectivity index (χ3n) is 1.95. The Labute approximate surface area is 106 Å². The number of benzene rings is 1. The Morgan fingerprint density at radius 3 is 2.47 bits per heavy atom. The fourth-order valence-electron chi connectivity index (χ4n) is 1.07. The lowest BCUT2D eigenvalue weighted by Gasteiger charge is -2.15. The van der Waals surface area contributed by atoms with Crippen LogP contribution >= 0.6 is 0 Å². The zero-order valence-corrected chi connectivity index (χ0v) is 9.07. The molecule has 0 aliphatic rings. The number of hydrogen-bond acceptors (Lipinski definition) is 3. The molecule has 0 radical (unpaired) electrons. The van der Waals surface area contributed by atoms with Crippen LogP contribution in [0.25, 0.3) is 0 Å². The number of carbonyl (C=O) groups is 2. The summed E-state index contributed by atoms with van der Waals surface area (Å²) in [5.74, 6) is -2.37. The van der Waals surface area contributed by atoms with Crippen molar-refractivity contribution in [2.24, 2.45) is 0 Å². The highest BCUT2D eigenvalue weighted by Gasteiger charge is 2.22. The van der Waals surface area contributed by atoms with E-state index >= 15 is 0 Å². The van der Waals surface area contributed by atoms with Crippen LogP contribution in [0.15, 0.2) is 30.2 Å². The van der Waals surface area contributed by atoms with Crippen LogP contribution in [0.4, 0.5) is 0 Å². The number of rotatable bonds is 5. The van der Waals surface area contributed by atoms with Crippen molar-refractivity contribution < 1.29 is 26.7 Å². The number of aliphatic hydroxyl groups is 1. The van der Waals surface area contributed by atoms with Crippen molar-refractivity contribution in [3.63, 3.8) is 0 Å². The zero-order valence-electron chi connectivity index (χ0n) is 14.1. The molecule has 5 nitrogen and oxygen atoms in total. The van der Waals surface area contributed by atoms with Gasteiger partial charge >= 0.3 is 5.97 Å². The summed E-state index contributed by atoms with van der Waals surface area (Å²) >= 11 is 0. The molecule has 17 heavy (non-hydrogen) atoms. The number of carbonyl (C=O) groups excluding carboxylic acids is 1. The van der Waals surface area contributed by atoms with Crippen LogP contribution in [0.1, 0.15) is 19.3 Å². The minimum atomic E-state index is -1.52. The molecule has 0 saturated carbocycles. The van der Waals surface area contributed by atoms with E-state index in [9.17, 15) is 9.59 Å². The maximum absolute atomic E-state index is 11.4. The maximum atomic E-state index is 11.4. The fraction of sp³-hybridized carbons (Fsp3) is 0.333. The summed E-state index contributed by atoms with van der Waals surface area (Å²) in [6.07, 6.45) is -1.93. The number of nitrogens with one attached hydrogen (secondary N) is 1. The number of amides is 1. The average Bonchev–Trinajstić information content (AvgIpc) is 2.45. The molecule has 0 aromatic heterocycles. The molecule has 0 spiro atoms. The van der Waals surface area contributed by atoms with Crippen molar-refractivity contribution in [3.8, 4) is 0 Å². The normalized spacial score (nSPS) is 17.9. The number of carboxylic acids is 1. The lowest BCUT2D eigenvalue weighted by Crippen LogP contribution is -2.45. The highest BCUT2D eigenvalue weighted by Crippen LogP contribution is 2.03. The van der Waals surface area contributed by atoms with E-state index < -0.39 is 60.7 Å². The third-order valence-corrected chi connectivity index (χ3v) is 1.95. The topological polar surface area (TPSA) is 86.6 Å². The molecule has 1 aromatic rings. The van der Waals surface area contributed by atoms with E-state index in [1.807, 2.05) is 5.32 Å². The van der Waals surface area contributed by atoms with Gasteiger partial charge in [0.25, 0.3) is 0 Å². The second-order valence-corrected chi connectivity index (χ2v) is 3.38. The van der Waals surface area contributed by atoms with Crippen molar-refractivity contribution >= 4 is 11.9 Å². The quantitative estimate of drug-likeness (QED) is 0.687. The van der Waals surface area contributed by atoms with Gasteiger partial charge < -0.3 is 15.5 Å².